The van der Waals surface area contributed by atoms with Gasteiger partial charge in [-0.3, -0.25) is 14.3 Å². The van der Waals surface area contributed by atoms with Gasteiger partial charge in [-0.1, -0.05) is 36.4 Å². The molecule has 0 aliphatic carbocycles. The Labute approximate surface area is 196 Å². The lowest BCUT2D eigenvalue weighted by molar-refractivity contribution is 0.102. The van der Waals surface area contributed by atoms with E-state index in [0.29, 0.717) is 23.6 Å². The fourth-order valence-corrected chi connectivity index (χ4v) is 4.19. The van der Waals surface area contributed by atoms with E-state index in [-0.39, 0.29) is 17.2 Å². The molecule has 0 fully saturated rings. The van der Waals surface area contributed by atoms with Crippen LogP contribution in [0.3, 0.4) is 0 Å². The quantitative estimate of drug-likeness (QED) is 0.300. The number of carbonyl (C=O) groups is 1. The lowest BCUT2D eigenvalue weighted by Gasteiger charge is -2.08. The monoisotopic (exact) mass is 459 g/mol. The Morgan fingerprint density at radius 3 is 2.24 bits per heavy atom. The fraction of sp³-hybridized carbons (Fsp3) is 0.154. The van der Waals surface area contributed by atoms with Crippen LogP contribution in [-0.4, -0.2) is 27.6 Å². The molecule has 6 nitrogen and oxygen atoms in total. The third-order valence-electron chi connectivity index (χ3n) is 5.27. The van der Waals surface area contributed by atoms with E-state index < -0.39 is 0 Å². The molecule has 0 saturated carbocycles. The minimum absolute atomic E-state index is 0.268. The lowest BCUT2D eigenvalue weighted by atomic mass is 10.2. The summed E-state index contributed by atoms with van der Waals surface area (Å²) in [5.41, 5.74) is 1.86. The highest BCUT2D eigenvalue weighted by molar-refractivity contribution is 7.99. The molecule has 0 bridgehead atoms. The average molecular weight is 460 g/mol. The van der Waals surface area contributed by atoms with Gasteiger partial charge in [0.2, 0.25) is 0 Å². The normalized spacial score (nSPS) is 10.7. The third-order valence-corrected chi connectivity index (χ3v) is 6.25. The molecule has 33 heavy (non-hydrogen) atoms. The van der Waals surface area contributed by atoms with E-state index in [1.165, 1.54) is 9.58 Å². The second kappa shape index (κ2) is 10.3. The standard InChI is InChI=1S/C26H25N3O3S/c1-19-24(26(31)29(28(19)2)21-9-5-3-6-10-21)27-25(30)20-13-15-22(16-14-20)32-17-18-33-23-11-7-4-8-12-23/h3-16H,17-18H2,1-2H3,(H,27,30). The van der Waals surface area contributed by atoms with E-state index in [0.717, 1.165) is 11.4 Å². The maximum absolute atomic E-state index is 13.0. The molecule has 7 heteroatoms. The number of nitrogens with zero attached hydrogens (tertiary/aromatic N) is 2. The molecule has 4 aromatic rings. The van der Waals surface area contributed by atoms with Gasteiger partial charge in [-0.25, -0.2) is 4.68 Å². The van der Waals surface area contributed by atoms with Crippen LogP contribution in [0.2, 0.25) is 0 Å². The highest BCUT2D eigenvalue weighted by Gasteiger charge is 2.18. The Hall–Kier alpha value is -3.71. The Balaban J connectivity index is 1.39. The van der Waals surface area contributed by atoms with Crippen LogP contribution in [0.25, 0.3) is 5.69 Å². The Bertz CT molecular complexity index is 1280. The van der Waals surface area contributed by atoms with E-state index in [9.17, 15) is 9.59 Å². The van der Waals surface area contributed by atoms with Crippen molar-refractivity contribution < 1.29 is 9.53 Å². The number of carbonyl (C=O) groups excluding carboxylic acids is 1. The second-order valence-corrected chi connectivity index (χ2v) is 8.59. The van der Waals surface area contributed by atoms with Crippen molar-refractivity contribution >= 4 is 23.4 Å². The number of benzene rings is 3. The number of rotatable bonds is 8. The zero-order valence-electron chi connectivity index (χ0n) is 18.5. The van der Waals surface area contributed by atoms with E-state index in [1.54, 1.807) is 54.7 Å². The molecule has 0 unspecified atom stereocenters. The van der Waals surface area contributed by atoms with E-state index in [2.05, 4.69) is 17.4 Å². The molecule has 0 saturated heterocycles. The van der Waals surface area contributed by atoms with Crippen LogP contribution in [0.15, 0.2) is 94.6 Å². The van der Waals surface area contributed by atoms with Gasteiger partial charge in [0.25, 0.3) is 11.5 Å². The number of para-hydroxylation sites is 1. The molecule has 0 spiro atoms. The third kappa shape index (κ3) is 5.21. The summed E-state index contributed by atoms with van der Waals surface area (Å²) in [5.74, 6) is 1.18. The summed E-state index contributed by atoms with van der Waals surface area (Å²) in [4.78, 5) is 27.0. The molecule has 1 aromatic heterocycles. The molecule has 1 heterocycles. The highest BCUT2D eigenvalue weighted by Crippen LogP contribution is 2.19. The van der Waals surface area contributed by atoms with Crippen molar-refractivity contribution in [2.24, 2.45) is 7.05 Å². The molecular formula is C26H25N3O3S. The molecule has 0 aliphatic heterocycles. The first-order valence-corrected chi connectivity index (χ1v) is 11.6. The van der Waals surface area contributed by atoms with Crippen molar-refractivity contribution in [1.82, 2.24) is 9.36 Å². The zero-order chi connectivity index (χ0) is 23.2. The molecule has 1 amide bonds. The summed E-state index contributed by atoms with van der Waals surface area (Å²) in [6.07, 6.45) is 0. The van der Waals surface area contributed by atoms with Gasteiger partial charge in [-0.2, -0.15) is 0 Å². The molecule has 3 aromatic carbocycles. The number of thioether (sulfide) groups is 1. The predicted octanol–water partition coefficient (Wildman–Crippen LogP) is 4.91. The van der Waals surface area contributed by atoms with Gasteiger partial charge in [-0.15, -0.1) is 11.8 Å². The zero-order valence-corrected chi connectivity index (χ0v) is 19.3. The molecule has 4 rings (SSSR count). The summed E-state index contributed by atoms with van der Waals surface area (Å²) >= 11 is 1.73. The maximum Gasteiger partial charge on any atom is 0.295 e. The average Bonchev–Trinajstić information content (AvgIpc) is 3.06. The number of nitrogens with one attached hydrogen (secondary N) is 1. The van der Waals surface area contributed by atoms with E-state index in [1.807, 2.05) is 48.5 Å². The van der Waals surface area contributed by atoms with Crippen molar-refractivity contribution in [2.75, 3.05) is 17.7 Å². The number of aromatic nitrogens is 2. The number of hydrogen-bond acceptors (Lipinski definition) is 4. The summed E-state index contributed by atoms with van der Waals surface area (Å²) in [6.45, 7) is 2.37. The maximum atomic E-state index is 13.0. The van der Waals surface area contributed by atoms with E-state index in [4.69, 9.17) is 4.74 Å². The van der Waals surface area contributed by atoms with Crippen LogP contribution in [0.1, 0.15) is 16.1 Å². The van der Waals surface area contributed by atoms with Crippen LogP contribution in [0.5, 0.6) is 5.75 Å². The molecule has 0 atom stereocenters. The first kappa shape index (κ1) is 22.5. The topological polar surface area (TPSA) is 65.3 Å². The second-order valence-electron chi connectivity index (χ2n) is 7.42. The van der Waals surface area contributed by atoms with Gasteiger partial charge < -0.3 is 10.1 Å². The van der Waals surface area contributed by atoms with Crippen molar-refractivity contribution in [3.63, 3.8) is 0 Å². The predicted molar refractivity (Wildman–Crippen MR) is 133 cm³/mol. The largest absolute Gasteiger partial charge is 0.493 e. The van der Waals surface area contributed by atoms with Crippen molar-refractivity contribution in [3.8, 4) is 11.4 Å². The Morgan fingerprint density at radius 2 is 1.58 bits per heavy atom. The van der Waals surface area contributed by atoms with Gasteiger partial charge in [0.15, 0.2) is 0 Å². The summed E-state index contributed by atoms with van der Waals surface area (Å²) < 4.78 is 9.05. The number of hydrogen-bond donors (Lipinski definition) is 1. The van der Waals surface area contributed by atoms with Crippen molar-refractivity contribution in [2.45, 2.75) is 11.8 Å². The van der Waals surface area contributed by atoms with Gasteiger partial charge in [0, 0.05) is 23.3 Å². The Kier molecular flexibility index (Phi) is 7.00. The van der Waals surface area contributed by atoms with Crippen molar-refractivity contribution in [3.05, 3.63) is 107 Å². The van der Waals surface area contributed by atoms with Gasteiger partial charge in [0.05, 0.1) is 18.0 Å². The molecule has 168 valence electrons. The van der Waals surface area contributed by atoms with Gasteiger partial charge in [0.1, 0.15) is 11.4 Å². The van der Waals surface area contributed by atoms with Crippen LogP contribution >= 0.6 is 11.8 Å². The first-order chi connectivity index (χ1) is 16.0. The summed E-state index contributed by atoms with van der Waals surface area (Å²) in [6, 6.07) is 26.4. The number of ether oxygens (including phenoxy) is 1. The molecule has 0 radical (unpaired) electrons. The van der Waals surface area contributed by atoms with Gasteiger partial charge >= 0.3 is 0 Å². The summed E-state index contributed by atoms with van der Waals surface area (Å²) in [5, 5.41) is 2.78. The van der Waals surface area contributed by atoms with E-state index >= 15 is 0 Å². The molecule has 1 N–H and O–H groups in total. The number of amides is 1. The lowest BCUT2D eigenvalue weighted by Crippen LogP contribution is -2.22. The molecular weight excluding hydrogens is 434 g/mol. The van der Waals surface area contributed by atoms with Crippen molar-refractivity contribution in [1.29, 1.82) is 0 Å². The highest BCUT2D eigenvalue weighted by atomic mass is 32.2. The summed E-state index contributed by atoms with van der Waals surface area (Å²) in [7, 11) is 1.79. The molecule has 0 aliphatic rings. The number of anilines is 1. The fourth-order valence-electron chi connectivity index (χ4n) is 3.44. The van der Waals surface area contributed by atoms with Crippen LogP contribution in [0, 0.1) is 6.92 Å². The van der Waals surface area contributed by atoms with Gasteiger partial charge in [-0.05, 0) is 55.5 Å². The van der Waals surface area contributed by atoms with Crippen LogP contribution in [0.4, 0.5) is 5.69 Å². The van der Waals surface area contributed by atoms with Crippen LogP contribution < -0.4 is 15.6 Å². The first-order valence-electron chi connectivity index (χ1n) is 10.6. The minimum Gasteiger partial charge on any atom is -0.493 e. The Morgan fingerprint density at radius 1 is 0.939 bits per heavy atom. The smallest absolute Gasteiger partial charge is 0.295 e. The SMILES string of the molecule is Cc1c(NC(=O)c2ccc(OCCSc3ccccc3)cc2)c(=O)n(-c2ccccc2)n1C. The minimum atomic E-state index is -0.341. The van der Waals surface area contributed by atoms with Crippen LogP contribution in [-0.2, 0) is 7.05 Å².